The fourth-order valence-corrected chi connectivity index (χ4v) is 3.55. The summed E-state index contributed by atoms with van der Waals surface area (Å²) in [6.45, 7) is -1.55. The second kappa shape index (κ2) is 6.75. The number of fused-ring (bicyclic) bond motifs is 2. The first kappa shape index (κ1) is 15.4. The van der Waals surface area contributed by atoms with E-state index in [0.29, 0.717) is 23.9 Å². The van der Waals surface area contributed by atoms with E-state index in [-0.39, 0.29) is 5.75 Å². The van der Waals surface area contributed by atoms with Crippen LogP contribution in [0.4, 0.5) is 8.78 Å². The van der Waals surface area contributed by atoms with Crippen molar-refractivity contribution in [3.63, 3.8) is 0 Å². The number of benzene rings is 1. The van der Waals surface area contributed by atoms with Gasteiger partial charge in [0.15, 0.2) is 0 Å². The van der Waals surface area contributed by atoms with Crippen molar-refractivity contribution in [3.05, 3.63) is 42.0 Å². The van der Waals surface area contributed by atoms with Crippen LogP contribution in [0.25, 0.3) is 0 Å². The van der Waals surface area contributed by atoms with Gasteiger partial charge in [0.25, 0.3) is 0 Å². The number of ether oxygens (including phenoxy) is 1. The lowest BCUT2D eigenvalue weighted by Gasteiger charge is -2.20. The van der Waals surface area contributed by atoms with E-state index in [1.54, 1.807) is 12.1 Å². The van der Waals surface area contributed by atoms with Gasteiger partial charge in [-0.05, 0) is 54.8 Å². The van der Waals surface area contributed by atoms with Gasteiger partial charge >= 0.3 is 6.61 Å². The first-order valence-electron chi connectivity index (χ1n) is 7.73. The maximum absolute atomic E-state index is 12.2. The minimum atomic E-state index is -2.85. The number of aliphatic hydroxyl groups excluding tert-OH is 1. The van der Waals surface area contributed by atoms with Crippen molar-refractivity contribution in [2.24, 2.45) is 17.8 Å². The minimum absolute atomic E-state index is 0.0739. The molecule has 0 spiro atoms. The SMILES string of the molecule is OC(CNCC1CC2C=CC1C2)c1cccc(OC(F)F)c1. The van der Waals surface area contributed by atoms with Gasteiger partial charge in [0, 0.05) is 6.54 Å². The first-order chi connectivity index (χ1) is 10.6. The van der Waals surface area contributed by atoms with E-state index < -0.39 is 12.7 Å². The molecule has 1 aromatic carbocycles. The molecule has 4 atom stereocenters. The highest BCUT2D eigenvalue weighted by Gasteiger charge is 2.35. The zero-order chi connectivity index (χ0) is 15.5. The number of hydrogen-bond acceptors (Lipinski definition) is 3. The number of allylic oxidation sites excluding steroid dienone is 2. The number of aliphatic hydroxyl groups is 1. The quantitative estimate of drug-likeness (QED) is 0.760. The van der Waals surface area contributed by atoms with E-state index in [1.165, 1.54) is 25.0 Å². The summed E-state index contributed by atoms with van der Waals surface area (Å²) in [4.78, 5) is 0. The molecule has 22 heavy (non-hydrogen) atoms. The lowest BCUT2D eigenvalue weighted by molar-refractivity contribution is -0.0499. The first-order valence-corrected chi connectivity index (χ1v) is 7.73. The van der Waals surface area contributed by atoms with Gasteiger partial charge in [-0.1, -0.05) is 24.3 Å². The normalized spacial score (nSPS) is 27.5. The van der Waals surface area contributed by atoms with E-state index in [1.807, 2.05) is 0 Å². The zero-order valence-electron chi connectivity index (χ0n) is 12.3. The molecule has 4 unspecified atom stereocenters. The highest BCUT2D eigenvalue weighted by Crippen LogP contribution is 2.42. The van der Waals surface area contributed by atoms with E-state index in [0.717, 1.165) is 12.5 Å². The Morgan fingerprint density at radius 3 is 2.82 bits per heavy atom. The summed E-state index contributed by atoms with van der Waals surface area (Å²) in [7, 11) is 0. The molecule has 120 valence electrons. The van der Waals surface area contributed by atoms with Crippen LogP contribution in [0.15, 0.2) is 36.4 Å². The summed E-state index contributed by atoms with van der Waals surface area (Å²) in [5, 5.41) is 13.5. The topological polar surface area (TPSA) is 41.5 Å². The van der Waals surface area contributed by atoms with Crippen LogP contribution in [0.5, 0.6) is 5.75 Å². The summed E-state index contributed by atoms with van der Waals surface area (Å²) < 4.78 is 28.8. The summed E-state index contributed by atoms with van der Waals surface area (Å²) in [6.07, 6.45) is 6.38. The second-order valence-electron chi connectivity index (χ2n) is 6.17. The number of halogens is 2. The third-order valence-corrected chi connectivity index (χ3v) is 4.63. The number of alkyl halides is 2. The van der Waals surface area contributed by atoms with Crippen LogP contribution in [0.3, 0.4) is 0 Å². The molecule has 1 aromatic rings. The Hall–Kier alpha value is -1.46. The standard InChI is InChI=1S/C17H21F2NO2/c18-17(19)22-15-3-1-2-13(8-15)16(21)10-20-9-14-7-11-4-5-12(14)6-11/h1-5,8,11-12,14,16-17,20-21H,6-7,9-10H2. The van der Waals surface area contributed by atoms with Crippen LogP contribution in [-0.2, 0) is 0 Å². The van der Waals surface area contributed by atoms with E-state index in [4.69, 9.17) is 0 Å². The molecule has 0 aliphatic heterocycles. The van der Waals surface area contributed by atoms with Crippen LogP contribution in [0.1, 0.15) is 24.5 Å². The minimum Gasteiger partial charge on any atom is -0.435 e. The van der Waals surface area contributed by atoms with Gasteiger partial charge in [0.1, 0.15) is 5.75 Å². The van der Waals surface area contributed by atoms with Gasteiger partial charge in [-0.25, -0.2) is 0 Å². The zero-order valence-corrected chi connectivity index (χ0v) is 12.3. The summed E-state index contributed by atoms with van der Waals surface area (Å²) in [5.41, 5.74) is 0.582. The van der Waals surface area contributed by atoms with E-state index in [2.05, 4.69) is 22.2 Å². The van der Waals surface area contributed by atoms with Gasteiger partial charge < -0.3 is 15.2 Å². The van der Waals surface area contributed by atoms with Crippen LogP contribution in [0.2, 0.25) is 0 Å². The molecule has 2 aliphatic carbocycles. The van der Waals surface area contributed by atoms with Crippen molar-refractivity contribution in [2.75, 3.05) is 13.1 Å². The molecule has 2 bridgehead atoms. The number of nitrogens with one attached hydrogen (secondary N) is 1. The molecular weight excluding hydrogens is 288 g/mol. The maximum atomic E-state index is 12.2. The summed E-state index contributed by atoms with van der Waals surface area (Å²) in [6, 6.07) is 6.23. The molecule has 0 radical (unpaired) electrons. The average Bonchev–Trinajstić information content (AvgIpc) is 3.09. The Morgan fingerprint density at radius 1 is 1.27 bits per heavy atom. The van der Waals surface area contributed by atoms with E-state index >= 15 is 0 Å². The van der Waals surface area contributed by atoms with Gasteiger partial charge in [-0.3, -0.25) is 0 Å². The second-order valence-corrected chi connectivity index (χ2v) is 6.17. The van der Waals surface area contributed by atoms with Crippen LogP contribution < -0.4 is 10.1 Å². The maximum Gasteiger partial charge on any atom is 0.387 e. The van der Waals surface area contributed by atoms with Crippen molar-refractivity contribution < 1.29 is 18.6 Å². The third kappa shape index (κ3) is 3.65. The molecule has 5 heteroatoms. The highest BCUT2D eigenvalue weighted by molar-refractivity contribution is 5.30. The molecule has 2 N–H and O–H groups in total. The third-order valence-electron chi connectivity index (χ3n) is 4.63. The number of rotatable bonds is 7. The van der Waals surface area contributed by atoms with Crippen molar-refractivity contribution in [1.29, 1.82) is 0 Å². The molecule has 0 heterocycles. The Balaban J connectivity index is 1.47. The van der Waals surface area contributed by atoms with Crippen molar-refractivity contribution in [2.45, 2.75) is 25.6 Å². The molecule has 1 saturated carbocycles. The largest absolute Gasteiger partial charge is 0.435 e. The highest BCUT2D eigenvalue weighted by atomic mass is 19.3. The van der Waals surface area contributed by atoms with Crippen LogP contribution in [0, 0.1) is 17.8 Å². The van der Waals surface area contributed by atoms with E-state index in [9.17, 15) is 13.9 Å². The fraction of sp³-hybridized carbons (Fsp3) is 0.529. The van der Waals surface area contributed by atoms with Gasteiger partial charge in [-0.2, -0.15) is 8.78 Å². The molecule has 3 rings (SSSR count). The van der Waals surface area contributed by atoms with Gasteiger partial charge in [0.2, 0.25) is 0 Å². The number of hydrogen-bond donors (Lipinski definition) is 2. The Labute approximate surface area is 129 Å². The summed E-state index contributed by atoms with van der Waals surface area (Å²) in [5.74, 6) is 2.14. The van der Waals surface area contributed by atoms with Crippen molar-refractivity contribution in [3.8, 4) is 5.75 Å². The van der Waals surface area contributed by atoms with Gasteiger partial charge in [-0.15, -0.1) is 0 Å². The Morgan fingerprint density at radius 2 is 2.14 bits per heavy atom. The smallest absolute Gasteiger partial charge is 0.387 e. The predicted molar refractivity (Wildman–Crippen MR) is 79.7 cm³/mol. The molecule has 2 aliphatic rings. The molecule has 3 nitrogen and oxygen atoms in total. The predicted octanol–water partition coefficient (Wildman–Crippen LogP) is 3.12. The van der Waals surface area contributed by atoms with Crippen molar-refractivity contribution in [1.82, 2.24) is 5.32 Å². The Kier molecular flexibility index (Phi) is 4.74. The fourth-order valence-electron chi connectivity index (χ4n) is 3.55. The molecule has 1 fully saturated rings. The lowest BCUT2D eigenvalue weighted by atomic mass is 9.93. The Bertz CT molecular complexity index is 535. The van der Waals surface area contributed by atoms with Crippen LogP contribution in [-0.4, -0.2) is 24.8 Å². The molecule has 0 aromatic heterocycles. The monoisotopic (exact) mass is 309 g/mol. The van der Waals surface area contributed by atoms with Crippen LogP contribution >= 0.6 is 0 Å². The molecule has 0 saturated heterocycles. The van der Waals surface area contributed by atoms with Gasteiger partial charge in [0.05, 0.1) is 6.10 Å². The lowest BCUT2D eigenvalue weighted by Crippen LogP contribution is -2.29. The molecular formula is C17H21F2NO2. The summed E-state index contributed by atoms with van der Waals surface area (Å²) >= 11 is 0. The van der Waals surface area contributed by atoms with Crippen molar-refractivity contribution >= 4 is 0 Å². The molecule has 0 amide bonds. The average molecular weight is 309 g/mol.